The van der Waals surface area contributed by atoms with E-state index in [2.05, 4.69) is 21.8 Å². The van der Waals surface area contributed by atoms with Crippen molar-refractivity contribution in [3.8, 4) is 0 Å². The second-order valence-electron chi connectivity index (χ2n) is 3.49. The van der Waals surface area contributed by atoms with Crippen molar-refractivity contribution >= 4 is 11.6 Å². The molecule has 1 heterocycles. The molecule has 0 aliphatic rings. The molecule has 14 heavy (non-hydrogen) atoms. The number of hydrogen-bond acceptors (Lipinski definition) is 2. The Morgan fingerprint density at radius 2 is 2.43 bits per heavy atom. The molecule has 1 N–H and O–H groups in total. The Hall–Kier alpha value is -0.540. The highest BCUT2D eigenvalue weighted by Gasteiger charge is 1.98. The minimum absolute atomic E-state index is 0.523. The number of nitrogens with one attached hydrogen (secondary N) is 1. The number of rotatable bonds is 7. The first kappa shape index (κ1) is 11.5. The normalized spacial score (nSPS) is 13.0. The smallest absolute Gasteiger partial charge is 0.0945 e. The number of hydrogen-bond donors (Lipinski definition) is 1. The van der Waals surface area contributed by atoms with E-state index >= 15 is 0 Å². The molecule has 0 aliphatic carbocycles. The molecular weight excluding hydrogens is 198 g/mol. The number of halogens is 1. The maximum absolute atomic E-state index is 5.64. The number of imidazole rings is 1. The summed E-state index contributed by atoms with van der Waals surface area (Å²) in [6.07, 6.45) is 7.81. The molecule has 1 rings (SSSR count). The molecule has 1 aromatic heterocycles. The van der Waals surface area contributed by atoms with E-state index in [4.69, 9.17) is 11.6 Å². The topological polar surface area (TPSA) is 29.9 Å². The van der Waals surface area contributed by atoms with Crippen molar-refractivity contribution in [3.05, 3.63) is 18.7 Å². The first-order chi connectivity index (χ1) is 6.83. The SMILES string of the molecule is CC(CCCl)NCCCn1ccnc1. The quantitative estimate of drug-likeness (QED) is 0.556. The molecule has 1 unspecified atom stereocenters. The molecular formula is C10H18ClN3. The second-order valence-corrected chi connectivity index (χ2v) is 3.86. The average molecular weight is 216 g/mol. The van der Waals surface area contributed by atoms with Gasteiger partial charge >= 0.3 is 0 Å². The van der Waals surface area contributed by atoms with Crippen molar-refractivity contribution in [2.24, 2.45) is 0 Å². The maximum Gasteiger partial charge on any atom is 0.0945 e. The van der Waals surface area contributed by atoms with Crippen molar-refractivity contribution in [3.63, 3.8) is 0 Å². The molecule has 0 saturated carbocycles. The zero-order chi connectivity index (χ0) is 10.2. The molecule has 0 spiro atoms. The molecule has 0 aromatic carbocycles. The lowest BCUT2D eigenvalue weighted by Crippen LogP contribution is -2.27. The van der Waals surface area contributed by atoms with Gasteiger partial charge in [-0.3, -0.25) is 0 Å². The summed E-state index contributed by atoms with van der Waals surface area (Å²) < 4.78 is 2.09. The standard InChI is InChI=1S/C10H18ClN3/c1-10(3-4-11)13-5-2-7-14-8-6-12-9-14/h6,8-10,13H,2-5,7H2,1H3. The highest BCUT2D eigenvalue weighted by atomic mass is 35.5. The second kappa shape index (κ2) is 6.85. The van der Waals surface area contributed by atoms with Gasteiger partial charge in [0.1, 0.15) is 0 Å². The molecule has 0 saturated heterocycles. The minimum atomic E-state index is 0.523. The summed E-state index contributed by atoms with van der Waals surface area (Å²) in [5, 5.41) is 3.43. The van der Waals surface area contributed by atoms with Crippen LogP contribution in [0.2, 0.25) is 0 Å². The van der Waals surface area contributed by atoms with E-state index in [1.165, 1.54) is 0 Å². The van der Waals surface area contributed by atoms with E-state index in [0.717, 1.165) is 31.8 Å². The summed E-state index contributed by atoms with van der Waals surface area (Å²) >= 11 is 5.64. The van der Waals surface area contributed by atoms with Gasteiger partial charge in [0.15, 0.2) is 0 Å². The number of nitrogens with zero attached hydrogens (tertiary/aromatic N) is 2. The van der Waals surface area contributed by atoms with Crippen LogP contribution in [-0.2, 0) is 6.54 Å². The molecule has 1 aromatic rings. The fourth-order valence-electron chi connectivity index (χ4n) is 1.29. The van der Waals surface area contributed by atoms with Crippen LogP contribution < -0.4 is 5.32 Å². The van der Waals surface area contributed by atoms with Crippen LogP contribution in [0.4, 0.5) is 0 Å². The molecule has 0 bridgehead atoms. The summed E-state index contributed by atoms with van der Waals surface area (Å²) in [6.45, 7) is 4.23. The van der Waals surface area contributed by atoms with E-state index < -0.39 is 0 Å². The third kappa shape index (κ3) is 4.63. The van der Waals surface area contributed by atoms with Gasteiger partial charge in [-0.25, -0.2) is 4.98 Å². The summed E-state index contributed by atoms with van der Waals surface area (Å²) in [5.74, 6) is 0.732. The maximum atomic E-state index is 5.64. The van der Waals surface area contributed by atoms with E-state index in [9.17, 15) is 0 Å². The van der Waals surface area contributed by atoms with Crippen molar-refractivity contribution in [1.82, 2.24) is 14.9 Å². The fourth-order valence-corrected chi connectivity index (χ4v) is 1.62. The Morgan fingerprint density at radius 1 is 1.57 bits per heavy atom. The highest BCUT2D eigenvalue weighted by Crippen LogP contribution is 1.94. The number of alkyl halides is 1. The Morgan fingerprint density at radius 3 is 3.07 bits per heavy atom. The van der Waals surface area contributed by atoms with E-state index in [1.54, 1.807) is 0 Å². The van der Waals surface area contributed by atoms with Gasteiger partial charge < -0.3 is 9.88 Å². The summed E-state index contributed by atoms with van der Waals surface area (Å²) in [6, 6.07) is 0.523. The van der Waals surface area contributed by atoms with Gasteiger partial charge in [-0.15, -0.1) is 11.6 Å². The van der Waals surface area contributed by atoms with Gasteiger partial charge in [0.25, 0.3) is 0 Å². The summed E-state index contributed by atoms with van der Waals surface area (Å²) in [5.41, 5.74) is 0. The largest absolute Gasteiger partial charge is 0.337 e. The molecule has 1 atom stereocenters. The molecule has 0 radical (unpaired) electrons. The first-order valence-corrected chi connectivity index (χ1v) is 5.61. The number of aryl methyl sites for hydroxylation is 1. The molecule has 0 aliphatic heterocycles. The highest BCUT2D eigenvalue weighted by molar-refractivity contribution is 6.17. The van der Waals surface area contributed by atoms with E-state index in [0.29, 0.717) is 6.04 Å². The van der Waals surface area contributed by atoms with Crippen LogP contribution in [0.5, 0.6) is 0 Å². The van der Waals surface area contributed by atoms with Gasteiger partial charge in [0.05, 0.1) is 6.33 Å². The van der Waals surface area contributed by atoms with Gasteiger partial charge in [0.2, 0.25) is 0 Å². The van der Waals surface area contributed by atoms with Gasteiger partial charge in [-0.05, 0) is 26.3 Å². The van der Waals surface area contributed by atoms with Crippen LogP contribution in [0.25, 0.3) is 0 Å². The van der Waals surface area contributed by atoms with Crippen LogP contribution in [-0.4, -0.2) is 28.0 Å². The van der Waals surface area contributed by atoms with Crippen molar-refractivity contribution in [1.29, 1.82) is 0 Å². The average Bonchev–Trinajstić information content (AvgIpc) is 2.65. The molecule has 0 fully saturated rings. The van der Waals surface area contributed by atoms with Crippen molar-refractivity contribution < 1.29 is 0 Å². The van der Waals surface area contributed by atoms with Crippen LogP contribution >= 0.6 is 11.6 Å². The fraction of sp³-hybridized carbons (Fsp3) is 0.700. The Kier molecular flexibility index (Phi) is 5.64. The molecule has 4 heteroatoms. The van der Waals surface area contributed by atoms with Gasteiger partial charge in [-0.1, -0.05) is 0 Å². The Bertz CT molecular complexity index is 223. The van der Waals surface area contributed by atoms with Crippen molar-refractivity contribution in [2.45, 2.75) is 32.4 Å². The van der Waals surface area contributed by atoms with Crippen molar-refractivity contribution in [2.75, 3.05) is 12.4 Å². The summed E-state index contributed by atoms with van der Waals surface area (Å²) in [7, 11) is 0. The van der Waals surface area contributed by atoms with E-state index in [1.807, 2.05) is 18.7 Å². The summed E-state index contributed by atoms with van der Waals surface area (Å²) in [4.78, 5) is 3.99. The Labute approximate surface area is 90.5 Å². The van der Waals surface area contributed by atoms with Crippen LogP contribution in [0.1, 0.15) is 19.8 Å². The lowest BCUT2D eigenvalue weighted by molar-refractivity contribution is 0.504. The lowest BCUT2D eigenvalue weighted by atomic mass is 10.2. The minimum Gasteiger partial charge on any atom is -0.337 e. The third-order valence-electron chi connectivity index (χ3n) is 2.19. The Balaban J connectivity index is 1.99. The first-order valence-electron chi connectivity index (χ1n) is 5.08. The van der Waals surface area contributed by atoms with Gasteiger partial charge in [0, 0.05) is 30.9 Å². The number of aromatic nitrogens is 2. The molecule has 0 amide bonds. The predicted octanol–water partition coefficient (Wildman–Crippen LogP) is 1.88. The van der Waals surface area contributed by atoms with Crippen LogP contribution in [0.15, 0.2) is 18.7 Å². The van der Waals surface area contributed by atoms with Crippen LogP contribution in [0.3, 0.4) is 0 Å². The molecule has 3 nitrogen and oxygen atoms in total. The van der Waals surface area contributed by atoms with Gasteiger partial charge in [-0.2, -0.15) is 0 Å². The third-order valence-corrected chi connectivity index (χ3v) is 2.41. The van der Waals surface area contributed by atoms with Crippen LogP contribution in [0, 0.1) is 0 Å². The van der Waals surface area contributed by atoms with E-state index in [-0.39, 0.29) is 0 Å². The zero-order valence-corrected chi connectivity index (χ0v) is 9.37. The zero-order valence-electron chi connectivity index (χ0n) is 8.62. The lowest BCUT2D eigenvalue weighted by Gasteiger charge is -2.11. The monoisotopic (exact) mass is 215 g/mol. The predicted molar refractivity (Wildman–Crippen MR) is 59.6 cm³/mol. The molecule has 80 valence electrons.